The van der Waals surface area contributed by atoms with Gasteiger partial charge in [-0.05, 0) is 37.5 Å². The number of hydrogen-bond acceptors (Lipinski definition) is 4. The molecule has 0 aliphatic carbocycles. The summed E-state index contributed by atoms with van der Waals surface area (Å²) in [7, 11) is 3.28. The van der Waals surface area contributed by atoms with E-state index >= 15 is 0 Å². The molecular weight excluding hydrogens is 344 g/mol. The molecule has 0 aliphatic rings. The number of guanidine groups is 1. The van der Waals surface area contributed by atoms with E-state index in [1.807, 2.05) is 18.9 Å². The Morgan fingerprint density at radius 2 is 1.96 bits per heavy atom. The summed E-state index contributed by atoms with van der Waals surface area (Å²) < 4.78 is 33.3. The number of carbonyl (C=O) groups excluding carboxylic acids is 1. The lowest BCUT2D eigenvalue weighted by Gasteiger charge is -2.22. The zero-order valence-corrected chi connectivity index (χ0v) is 15.5. The number of alkyl halides is 2. The van der Waals surface area contributed by atoms with Gasteiger partial charge in [0.05, 0.1) is 7.11 Å². The molecule has 0 saturated heterocycles. The predicted molar refractivity (Wildman–Crippen MR) is 96.4 cm³/mol. The molecule has 146 valence electrons. The molecule has 0 saturated carbocycles. The van der Waals surface area contributed by atoms with Gasteiger partial charge >= 0.3 is 12.6 Å². The Hall–Kier alpha value is -2.38. The highest BCUT2D eigenvalue weighted by atomic mass is 19.3. The van der Waals surface area contributed by atoms with Crippen molar-refractivity contribution < 1.29 is 23.0 Å². The van der Waals surface area contributed by atoms with Crippen LogP contribution in [-0.4, -0.2) is 50.7 Å². The first-order valence-corrected chi connectivity index (χ1v) is 8.56. The van der Waals surface area contributed by atoms with Gasteiger partial charge in [-0.1, -0.05) is 12.1 Å². The van der Waals surface area contributed by atoms with Crippen molar-refractivity contribution in [3.05, 3.63) is 29.8 Å². The van der Waals surface area contributed by atoms with Crippen LogP contribution in [0.25, 0.3) is 0 Å². The van der Waals surface area contributed by atoms with Gasteiger partial charge in [0, 0.05) is 33.1 Å². The SMILES string of the molecule is CCNC(=NCCCCC(=O)OC)N(C)Cc1ccc(OC(F)F)cc1. The van der Waals surface area contributed by atoms with Crippen LogP contribution in [0.5, 0.6) is 5.75 Å². The van der Waals surface area contributed by atoms with Gasteiger partial charge in [-0.3, -0.25) is 9.79 Å². The molecule has 0 amide bonds. The van der Waals surface area contributed by atoms with E-state index in [4.69, 9.17) is 0 Å². The first kappa shape index (κ1) is 21.7. The van der Waals surface area contributed by atoms with E-state index in [0.717, 1.165) is 30.9 Å². The topological polar surface area (TPSA) is 63.2 Å². The highest BCUT2D eigenvalue weighted by molar-refractivity contribution is 5.79. The summed E-state index contributed by atoms with van der Waals surface area (Å²) in [5, 5.41) is 3.21. The van der Waals surface area contributed by atoms with E-state index < -0.39 is 6.61 Å². The fourth-order valence-corrected chi connectivity index (χ4v) is 2.26. The average Bonchev–Trinajstić information content (AvgIpc) is 2.61. The van der Waals surface area contributed by atoms with Gasteiger partial charge in [-0.15, -0.1) is 0 Å². The van der Waals surface area contributed by atoms with Crippen LogP contribution in [0.15, 0.2) is 29.3 Å². The molecule has 0 radical (unpaired) electrons. The predicted octanol–water partition coefficient (Wildman–Crippen LogP) is 3.03. The molecule has 1 aromatic carbocycles. The third-order valence-corrected chi connectivity index (χ3v) is 3.54. The highest BCUT2D eigenvalue weighted by Gasteiger charge is 2.08. The second-order valence-electron chi connectivity index (χ2n) is 5.65. The fraction of sp³-hybridized carbons (Fsp3) is 0.556. The van der Waals surface area contributed by atoms with Gasteiger partial charge in [0.2, 0.25) is 0 Å². The molecule has 0 bridgehead atoms. The van der Waals surface area contributed by atoms with Crippen molar-refractivity contribution in [2.24, 2.45) is 4.99 Å². The van der Waals surface area contributed by atoms with Crippen molar-refractivity contribution in [1.82, 2.24) is 10.2 Å². The smallest absolute Gasteiger partial charge is 0.387 e. The highest BCUT2D eigenvalue weighted by Crippen LogP contribution is 2.15. The summed E-state index contributed by atoms with van der Waals surface area (Å²) in [5.41, 5.74) is 0.949. The number of rotatable bonds is 10. The lowest BCUT2D eigenvalue weighted by Crippen LogP contribution is -2.38. The van der Waals surface area contributed by atoms with Gasteiger partial charge in [0.1, 0.15) is 5.75 Å². The molecule has 0 aromatic heterocycles. The molecule has 0 fully saturated rings. The van der Waals surface area contributed by atoms with Gasteiger partial charge in [-0.25, -0.2) is 0 Å². The van der Waals surface area contributed by atoms with Crippen molar-refractivity contribution in [3.63, 3.8) is 0 Å². The summed E-state index contributed by atoms with van der Waals surface area (Å²) in [4.78, 5) is 17.6. The Morgan fingerprint density at radius 3 is 2.54 bits per heavy atom. The van der Waals surface area contributed by atoms with Crippen molar-refractivity contribution in [3.8, 4) is 5.75 Å². The second kappa shape index (κ2) is 12.1. The number of hydrogen-bond donors (Lipinski definition) is 1. The van der Waals surface area contributed by atoms with E-state index in [-0.39, 0.29) is 11.7 Å². The van der Waals surface area contributed by atoms with Gasteiger partial charge in [0.25, 0.3) is 0 Å². The molecule has 0 aliphatic heterocycles. The minimum absolute atomic E-state index is 0.137. The van der Waals surface area contributed by atoms with Crippen molar-refractivity contribution >= 4 is 11.9 Å². The van der Waals surface area contributed by atoms with E-state index in [9.17, 15) is 13.6 Å². The average molecular weight is 371 g/mol. The quantitative estimate of drug-likeness (QED) is 0.296. The number of aliphatic imine (C=N–C) groups is 1. The fourth-order valence-electron chi connectivity index (χ4n) is 2.26. The monoisotopic (exact) mass is 371 g/mol. The molecule has 0 spiro atoms. The molecule has 0 atom stereocenters. The maximum absolute atomic E-state index is 12.2. The molecule has 8 heteroatoms. The lowest BCUT2D eigenvalue weighted by molar-refractivity contribution is -0.140. The van der Waals surface area contributed by atoms with Crippen LogP contribution < -0.4 is 10.1 Å². The van der Waals surface area contributed by atoms with E-state index in [1.54, 1.807) is 12.1 Å². The molecule has 6 nitrogen and oxygen atoms in total. The number of halogens is 2. The third kappa shape index (κ3) is 8.64. The maximum atomic E-state index is 12.2. The Balaban J connectivity index is 2.54. The minimum atomic E-state index is -2.82. The molecule has 0 unspecified atom stereocenters. The van der Waals surface area contributed by atoms with E-state index in [2.05, 4.69) is 19.8 Å². The number of unbranched alkanes of at least 4 members (excludes halogenated alkanes) is 1. The molecule has 1 rings (SSSR count). The van der Waals surface area contributed by atoms with E-state index in [1.165, 1.54) is 19.2 Å². The van der Waals surface area contributed by atoms with Crippen molar-refractivity contribution in [2.45, 2.75) is 39.3 Å². The summed E-state index contributed by atoms with van der Waals surface area (Å²) in [6.45, 7) is 1.06. The Bertz CT molecular complexity index is 565. The number of ether oxygens (including phenoxy) is 2. The largest absolute Gasteiger partial charge is 0.469 e. The van der Waals surface area contributed by atoms with Gasteiger partial charge < -0.3 is 19.7 Å². The summed E-state index contributed by atoms with van der Waals surface area (Å²) in [5.74, 6) is 0.674. The molecule has 26 heavy (non-hydrogen) atoms. The summed E-state index contributed by atoms with van der Waals surface area (Å²) >= 11 is 0. The van der Waals surface area contributed by atoms with Gasteiger partial charge in [0.15, 0.2) is 5.96 Å². The first-order chi connectivity index (χ1) is 12.5. The summed E-state index contributed by atoms with van der Waals surface area (Å²) in [6.07, 6.45) is 1.91. The maximum Gasteiger partial charge on any atom is 0.387 e. The standard InChI is InChI=1S/C18H27F2N3O3/c1-4-21-18(22-12-6-5-7-16(24)25-3)23(2)13-14-8-10-15(11-9-14)26-17(19)20/h8-11,17H,4-7,12-13H2,1-3H3,(H,21,22). The van der Waals surface area contributed by atoms with Crippen LogP contribution in [0.2, 0.25) is 0 Å². The third-order valence-electron chi connectivity index (χ3n) is 3.54. The molecule has 1 aromatic rings. The number of esters is 1. The lowest BCUT2D eigenvalue weighted by atomic mass is 10.2. The van der Waals surface area contributed by atoms with Crippen LogP contribution in [0.4, 0.5) is 8.78 Å². The number of methoxy groups -OCH3 is 1. The first-order valence-electron chi connectivity index (χ1n) is 8.56. The zero-order chi connectivity index (χ0) is 19.4. The van der Waals surface area contributed by atoms with E-state index in [0.29, 0.717) is 19.5 Å². The van der Waals surface area contributed by atoms with Crippen molar-refractivity contribution in [1.29, 1.82) is 0 Å². The number of carbonyl (C=O) groups is 1. The van der Waals surface area contributed by atoms with Crippen LogP contribution in [0.3, 0.4) is 0 Å². The van der Waals surface area contributed by atoms with Crippen LogP contribution in [0.1, 0.15) is 31.7 Å². The van der Waals surface area contributed by atoms with Gasteiger partial charge in [-0.2, -0.15) is 8.78 Å². The zero-order valence-electron chi connectivity index (χ0n) is 15.5. The molecular formula is C18H27F2N3O3. The van der Waals surface area contributed by atoms with Crippen LogP contribution in [-0.2, 0) is 16.1 Å². The summed E-state index contributed by atoms with van der Waals surface area (Å²) in [6, 6.07) is 6.53. The Labute approximate surface area is 153 Å². The van der Waals surface area contributed by atoms with Crippen molar-refractivity contribution in [2.75, 3.05) is 27.2 Å². The molecule has 1 N–H and O–H groups in total. The minimum Gasteiger partial charge on any atom is -0.469 e. The number of benzene rings is 1. The number of nitrogens with one attached hydrogen (secondary N) is 1. The normalized spacial score (nSPS) is 11.4. The molecule has 0 heterocycles. The van der Waals surface area contributed by atoms with Crippen LogP contribution in [0, 0.1) is 0 Å². The Kier molecular flexibility index (Phi) is 10.0. The van der Waals surface area contributed by atoms with Crippen LogP contribution >= 0.6 is 0 Å². The number of nitrogens with zero attached hydrogens (tertiary/aromatic N) is 2. The Morgan fingerprint density at radius 1 is 1.27 bits per heavy atom. The second-order valence-corrected chi connectivity index (χ2v) is 5.65.